The molecule has 2 aromatic rings. The Kier molecular flexibility index (Phi) is 4.35. The molecule has 1 N–H and O–H groups in total. The summed E-state index contributed by atoms with van der Waals surface area (Å²) in [4.78, 5) is 17.1. The number of carbonyl (C=O) groups excluding carboxylic acids is 1. The number of carbonyl (C=O) groups is 1. The molecule has 1 aromatic heterocycles. The first kappa shape index (κ1) is 15.7. The van der Waals surface area contributed by atoms with Gasteiger partial charge in [-0.1, -0.05) is 30.3 Å². The van der Waals surface area contributed by atoms with Crippen LogP contribution in [0.3, 0.4) is 0 Å². The first-order valence-electron chi connectivity index (χ1n) is 8.20. The highest BCUT2D eigenvalue weighted by Crippen LogP contribution is 2.43. The molecule has 1 saturated heterocycles. The zero-order valence-electron chi connectivity index (χ0n) is 13.5. The van der Waals surface area contributed by atoms with Crippen LogP contribution in [0.5, 0.6) is 0 Å². The predicted molar refractivity (Wildman–Crippen MR) is 92.0 cm³/mol. The number of ether oxygens (including phenoxy) is 2. The van der Waals surface area contributed by atoms with Crippen LogP contribution < -0.4 is 5.32 Å². The number of rotatable bonds is 5. The van der Waals surface area contributed by atoms with Crippen LogP contribution in [0.1, 0.15) is 16.9 Å². The standard InChI is InChI=1S/C18H20N2O3S/c1-22-9-13-15(12-7-8-23-16(12)13)20-17(21)14-10-24-18(19-14)11-5-3-2-4-6-11/h2-6,10,12-13,15-16H,7-9H2,1H3,(H,20,21)/t12-,13+,15+,16-/m0/s1. The van der Waals surface area contributed by atoms with Crippen LogP contribution in [0, 0.1) is 11.8 Å². The third kappa shape index (κ3) is 2.75. The molecule has 4 rings (SSSR count). The van der Waals surface area contributed by atoms with Crippen molar-refractivity contribution in [2.75, 3.05) is 20.3 Å². The minimum absolute atomic E-state index is 0.107. The van der Waals surface area contributed by atoms with E-state index in [0.717, 1.165) is 23.6 Å². The quantitative estimate of drug-likeness (QED) is 0.906. The molecule has 1 saturated carbocycles. The summed E-state index contributed by atoms with van der Waals surface area (Å²) in [6.07, 6.45) is 1.23. The molecule has 2 fully saturated rings. The van der Waals surface area contributed by atoms with Gasteiger partial charge < -0.3 is 14.8 Å². The lowest BCUT2D eigenvalue weighted by Crippen LogP contribution is -2.62. The van der Waals surface area contributed by atoms with Gasteiger partial charge in [-0.15, -0.1) is 11.3 Å². The second-order valence-electron chi connectivity index (χ2n) is 6.31. The summed E-state index contributed by atoms with van der Waals surface area (Å²) in [5.74, 6) is 0.532. The van der Waals surface area contributed by atoms with Gasteiger partial charge in [0.2, 0.25) is 0 Å². The number of amides is 1. The topological polar surface area (TPSA) is 60.5 Å². The third-order valence-corrected chi connectivity index (χ3v) is 5.83. The normalized spacial score (nSPS) is 28.2. The van der Waals surface area contributed by atoms with Crippen LogP contribution in [-0.2, 0) is 9.47 Å². The maximum atomic E-state index is 12.6. The molecule has 5 nitrogen and oxygen atoms in total. The number of fused-ring (bicyclic) bond motifs is 1. The Balaban J connectivity index is 1.46. The highest BCUT2D eigenvalue weighted by Gasteiger charge is 2.54. The molecule has 0 radical (unpaired) electrons. The maximum absolute atomic E-state index is 12.6. The zero-order valence-corrected chi connectivity index (χ0v) is 14.3. The molecular formula is C18H20N2O3S. The van der Waals surface area contributed by atoms with Crippen LogP contribution in [0.2, 0.25) is 0 Å². The fourth-order valence-electron chi connectivity index (χ4n) is 3.75. The number of hydrogen-bond acceptors (Lipinski definition) is 5. The molecule has 0 spiro atoms. The molecule has 0 unspecified atom stereocenters. The largest absolute Gasteiger partial charge is 0.384 e. The van der Waals surface area contributed by atoms with Crippen LogP contribution in [0.15, 0.2) is 35.7 Å². The van der Waals surface area contributed by atoms with E-state index in [9.17, 15) is 4.79 Å². The summed E-state index contributed by atoms with van der Waals surface area (Å²) in [6.45, 7) is 1.38. The van der Waals surface area contributed by atoms with E-state index in [2.05, 4.69) is 10.3 Å². The SMILES string of the molecule is COC[C@@H]1[C@H](NC(=O)c2csc(-c3ccccc3)n2)[C@@H]2CCO[C@H]12. The number of nitrogens with zero attached hydrogens (tertiary/aromatic N) is 1. The summed E-state index contributed by atoms with van der Waals surface area (Å²) in [6, 6.07) is 10.0. The van der Waals surface area contributed by atoms with Gasteiger partial charge in [-0.3, -0.25) is 4.79 Å². The smallest absolute Gasteiger partial charge is 0.271 e. The van der Waals surface area contributed by atoms with Crippen molar-refractivity contribution in [2.45, 2.75) is 18.6 Å². The highest BCUT2D eigenvalue weighted by molar-refractivity contribution is 7.13. The fraction of sp³-hybridized carbons (Fsp3) is 0.444. The van der Waals surface area contributed by atoms with Gasteiger partial charge in [-0.2, -0.15) is 0 Å². The second-order valence-corrected chi connectivity index (χ2v) is 7.17. The average molecular weight is 344 g/mol. The van der Waals surface area contributed by atoms with E-state index in [4.69, 9.17) is 9.47 Å². The van der Waals surface area contributed by atoms with E-state index < -0.39 is 0 Å². The Bertz CT molecular complexity index is 718. The summed E-state index contributed by atoms with van der Waals surface area (Å²) >= 11 is 1.49. The molecule has 1 aliphatic carbocycles. The van der Waals surface area contributed by atoms with Crippen molar-refractivity contribution >= 4 is 17.2 Å². The van der Waals surface area contributed by atoms with Gasteiger partial charge in [-0.25, -0.2) is 4.98 Å². The summed E-state index contributed by atoms with van der Waals surface area (Å²) < 4.78 is 11.0. The molecule has 0 bridgehead atoms. The van der Waals surface area contributed by atoms with Crippen LogP contribution >= 0.6 is 11.3 Å². The minimum Gasteiger partial charge on any atom is -0.384 e. The molecule has 1 aromatic carbocycles. The van der Waals surface area contributed by atoms with E-state index in [1.807, 2.05) is 35.7 Å². The second kappa shape index (κ2) is 6.63. The summed E-state index contributed by atoms with van der Waals surface area (Å²) in [5, 5.41) is 5.84. The van der Waals surface area contributed by atoms with Gasteiger partial charge in [0.1, 0.15) is 10.7 Å². The molecule has 2 aliphatic rings. The van der Waals surface area contributed by atoms with Crippen molar-refractivity contribution in [1.29, 1.82) is 0 Å². The fourth-order valence-corrected chi connectivity index (χ4v) is 4.56. The van der Waals surface area contributed by atoms with Crippen LogP contribution in [0.25, 0.3) is 10.6 Å². The van der Waals surface area contributed by atoms with Crippen molar-refractivity contribution in [1.82, 2.24) is 10.3 Å². The molecule has 4 atom stereocenters. The number of thiazole rings is 1. The van der Waals surface area contributed by atoms with Gasteiger partial charge in [-0.05, 0) is 6.42 Å². The molecule has 6 heteroatoms. The summed E-state index contributed by atoms with van der Waals surface area (Å²) in [5.41, 5.74) is 1.52. The Morgan fingerprint density at radius 3 is 3.04 bits per heavy atom. The van der Waals surface area contributed by atoms with Crippen molar-refractivity contribution in [3.63, 3.8) is 0 Å². The van der Waals surface area contributed by atoms with Crippen molar-refractivity contribution in [3.8, 4) is 10.6 Å². The van der Waals surface area contributed by atoms with Crippen LogP contribution in [-0.4, -0.2) is 43.4 Å². The van der Waals surface area contributed by atoms with Crippen LogP contribution in [0.4, 0.5) is 0 Å². The third-order valence-electron chi connectivity index (χ3n) is 4.94. The van der Waals surface area contributed by atoms with Crippen molar-refractivity contribution < 1.29 is 14.3 Å². The number of benzene rings is 1. The Morgan fingerprint density at radius 1 is 1.42 bits per heavy atom. The van der Waals surface area contributed by atoms with Crippen molar-refractivity contribution in [3.05, 3.63) is 41.4 Å². The van der Waals surface area contributed by atoms with E-state index in [1.165, 1.54) is 11.3 Å². The highest BCUT2D eigenvalue weighted by atomic mass is 32.1. The molecule has 24 heavy (non-hydrogen) atoms. The Labute approximate surface area is 145 Å². The Morgan fingerprint density at radius 2 is 2.25 bits per heavy atom. The van der Waals surface area contributed by atoms with Gasteiger partial charge >= 0.3 is 0 Å². The zero-order chi connectivity index (χ0) is 16.5. The van der Waals surface area contributed by atoms with E-state index in [1.54, 1.807) is 7.11 Å². The number of methoxy groups -OCH3 is 1. The monoisotopic (exact) mass is 344 g/mol. The molecule has 1 aliphatic heterocycles. The lowest BCUT2D eigenvalue weighted by molar-refractivity contribution is -0.0810. The first-order chi connectivity index (χ1) is 11.8. The first-order valence-corrected chi connectivity index (χ1v) is 9.08. The average Bonchev–Trinajstić information content (AvgIpc) is 3.26. The lowest BCUT2D eigenvalue weighted by atomic mass is 9.67. The number of aromatic nitrogens is 1. The van der Waals surface area contributed by atoms with Gasteiger partial charge in [0.15, 0.2) is 0 Å². The van der Waals surface area contributed by atoms with E-state index in [-0.39, 0.29) is 24.0 Å². The van der Waals surface area contributed by atoms with Gasteiger partial charge in [0.05, 0.1) is 12.7 Å². The van der Waals surface area contributed by atoms with Gasteiger partial charge in [0, 0.05) is 42.5 Å². The molecular weight excluding hydrogens is 324 g/mol. The number of nitrogens with one attached hydrogen (secondary N) is 1. The van der Waals surface area contributed by atoms with E-state index in [0.29, 0.717) is 18.2 Å². The maximum Gasteiger partial charge on any atom is 0.271 e. The van der Waals surface area contributed by atoms with E-state index >= 15 is 0 Å². The minimum atomic E-state index is -0.107. The summed E-state index contributed by atoms with van der Waals surface area (Å²) in [7, 11) is 1.69. The molecule has 2 heterocycles. The van der Waals surface area contributed by atoms with Crippen molar-refractivity contribution in [2.24, 2.45) is 11.8 Å². The molecule has 126 valence electrons. The lowest BCUT2D eigenvalue weighted by Gasteiger charge is -2.47. The Hall–Kier alpha value is -1.76. The predicted octanol–water partition coefficient (Wildman–Crippen LogP) is 2.59. The number of hydrogen-bond donors (Lipinski definition) is 1. The van der Waals surface area contributed by atoms with Gasteiger partial charge in [0.25, 0.3) is 5.91 Å². The molecule has 1 amide bonds.